The molecule has 0 bridgehead atoms. The Kier molecular flexibility index (Phi) is 9.10. The summed E-state index contributed by atoms with van der Waals surface area (Å²) < 4.78 is 105. The number of amides is 1. The first-order chi connectivity index (χ1) is 21.4. The average molecular weight is 650 g/mol. The molecule has 1 saturated heterocycles. The van der Waals surface area contributed by atoms with Crippen molar-refractivity contribution in [3.8, 4) is 22.9 Å². The number of sulfonamides is 1. The summed E-state index contributed by atoms with van der Waals surface area (Å²) in [6, 6.07) is 7.35. The molecule has 2 aromatic carbocycles. The van der Waals surface area contributed by atoms with Crippen LogP contribution in [0.5, 0.6) is 11.6 Å². The molecule has 17 heteroatoms. The molecule has 0 aliphatic carbocycles. The maximum absolute atomic E-state index is 15.1. The number of anilines is 2. The molecule has 2 atom stereocenters. The van der Waals surface area contributed by atoms with Crippen LogP contribution in [0.25, 0.3) is 11.3 Å². The lowest BCUT2D eigenvalue weighted by Crippen LogP contribution is -2.44. The van der Waals surface area contributed by atoms with E-state index in [9.17, 15) is 26.4 Å². The highest BCUT2D eigenvalue weighted by Gasteiger charge is 2.26. The van der Waals surface area contributed by atoms with Gasteiger partial charge in [-0.1, -0.05) is 6.07 Å². The maximum atomic E-state index is 15.1. The Bertz CT molecular complexity index is 1870. The fourth-order valence-electron chi connectivity index (χ4n) is 4.49. The molecule has 1 amide bonds. The number of alkyl halides is 1. The number of ether oxygens (including phenoxy) is 1. The minimum Gasteiger partial charge on any atom is -0.435 e. The molecule has 0 radical (unpaired) electrons. The lowest BCUT2D eigenvalue weighted by atomic mass is 10.1. The molecule has 0 saturated carbocycles. The number of hydrogen-bond acceptors (Lipinski definition) is 9. The molecular weight excluding hydrogens is 625 g/mol. The van der Waals surface area contributed by atoms with Crippen molar-refractivity contribution in [2.24, 2.45) is 5.73 Å². The van der Waals surface area contributed by atoms with Gasteiger partial charge >= 0.3 is 0 Å². The Hall–Kier alpha value is -4.90. The van der Waals surface area contributed by atoms with Crippen LogP contribution in [0.3, 0.4) is 0 Å². The summed E-state index contributed by atoms with van der Waals surface area (Å²) >= 11 is 0. The number of nitrogens with zero attached hydrogens (tertiary/aromatic N) is 3. The second-order valence-corrected chi connectivity index (χ2v) is 11.7. The largest absolute Gasteiger partial charge is 0.435 e. The first kappa shape index (κ1) is 31.5. The van der Waals surface area contributed by atoms with E-state index in [1.54, 1.807) is 4.72 Å². The van der Waals surface area contributed by atoms with E-state index in [-0.39, 0.29) is 47.7 Å². The molecule has 5 rings (SSSR count). The Labute approximate surface area is 253 Å². The number of nitrogens with one attached hydrogen (secondary N) is 3. The summed E-state index contributed by atoms with van der Waals surface area (Å²) in [5.41, 5.74) is 3.44. The van der Waals surface area contributed by atoms with E-state index in [4.69, 9.17) is 10.5 Å². The van der Waals surface area contributed by atoms with Crippen molar-refractivity contribution in [2.45, 2.75) is 24.4 Å². The second-order valence-electron chi connectivity index (χ2n) is 9.95. The van der Waals surface area contributed by atoms with Gasteiger partial charge in [0.15, 0.2) is 17.4 Å². The molecule has 5 N–H and O–H groups in total. The number of carbonyl (C=O) groups excluding carboxylic acids is 1. The lowest BCUT2D eigenvalue weighted by molar-refractivity contribution is 0.0999. The molecule has 0 spiro atoms. The summed E-state index contributed by atoms with van der Waals surface area (Å²) in [7, 11) is -4.69. The van der Waals surface area contributed by atoms with Crippen molar-refractivity contribution in [2.75, 3.05) is 23.1 Å². The van der Waals surface area contributed by atoms with Gasteiger partial charge in [0.05, 0.1) is 17.0 Å². The van der Waals surface area contributed by atoms with Gasteiger partial charge in [0.2, 0.25) is 33.6 Å². The zero-order valence-electron chi connectivity index (χ0n) is 23.0. The summed E-state index contributed by atoms with van der Waals surface area (Å²) in [4.78, 5) is 23.7. The van der Waals surface area contributed by atoms with Gasteiger partial charge in [-0.25, -0.2) is 40.9 Å². The molecule has 1 aliphatic heterocycles. The van der Waals surface area contributed by atoms with Crippen LogP contribution in [-0.4, -0.2) is 54.6 Å². The third-order valence-corrected chi connectivity index (χ3v) is 7.81. The highest BCUT2D eigenvalue weighted by atomic mass is 32.2. The van der Waals surface area contributed by atoms with Crippen molar-refractivity contribution in [1.29, 1.82) is 0 Å². The number of aromatic nitrogens is 3. The Balaban J connectivity index is 1.36. The van der Waals surface area contributed by atoms with Crippen LogP contribution in [0.1, 0.15) is 22.3 Å². The van der Waals surface area contributed by atoms with Gasteiger partial charge in [-0.05, 0) is 30.3 Å². The molecule has 2 aromatic heterocycles. The average Bonchev–Trinajstić information content (AvgIpc) is 2.99. The molecule has 3 heterocycles. The Morgan fingerprint density at radius 2 is 1.82 bits per heavy atom. The number of halogens is 5. The number of carbonyl (C=O) groups is 1. The zero-order chi connectivity index (χ0) is 32.3. The standard InChI is InChI=1S/C28H24F5N7O4S/c29-16-9-17(12-35-11-16)38-28-37-7-5-21(39-28)18-2-1-6-36-27(18)44-22-10-20(31)25(24(33)23(22)32)40-45(42,43)13-15-4-3-14(26(34)41)8-19(15)30/h1-8,10,16-17,35,40H,9,11-13H2,(H2,34,41)(H,37,38,39)/t16-,17?/m0/s1. The van der Waals surface area contributed by atoms with Crippen molar-refractivity contribution in [3.05, 3.63) is 89.3 Å². The van der Waals surface area contributed by atoms with Crippen LogP contribution in [0.2, 0.25) is 0 Å². The maximum Gasteiger partial charge on any atom is 0.248 e. The Morgan fingerprint density at radius 1 is 1.02 bits per heavy atom. The van der Waals surface area contributed by atoms with Gasteiger partial charge in [0, 0.05) is 55.1 Å². The van der Waals surface area contributed by atoms with Crippen molar-refractivity contribution in [3.63, 3.8) is 0 Å². The summed E-state index contributed by atoms with van der Waals surface area (Å²) in [5, 5.41) is 5.97. The molecule has 236 valence electrons. The highest BCUT2D eigenvalue weighted by molar-refractivity contribution is 7.91. The number of hydrogen-bond donors (Lipinski definition) is 4. The first-order valence-corrected chi connectivity index (χ1v) is 14.9. The van der Waals surface area contributed by atoms with Gasteiger partial charge in [-0.2, -0.15) is 4.39 Å². The van der Waals surface area contributed by atoms with E-state index in [0.29, 0.717) is 18.7 Å². The fourth-order valence-corrected chi connectivity index (χ4v) is 5.70. The summed E-state index contributed by atoms with van der Waals surface area (Å²) in [5.74, 6) is -9.50. The molecule has 1 fully saturated rings. The number of piperidine rings is 1. The first-order valence-electron chi connectivity index (χ1n) is 13.2. The smallest absolute Gasteiger partial charge is 0.248 e. The van der Waals surface area contributed by atoms with E-state index in [1.807, 2.05) is 0 Å². The summed E-state index contributed by atoms with van der Waals surface area (Å²) in [6.45, 7) is 0.729. The zero-order valence-corrected chi connectivity index (χ0v) is 23.8. The van der Waals surface area contributed by atoms with Crippen LogP contribution in [0.4, 0.5) is 33.6 Å². The number of benzene rings is 2. The minimum atomic E-state index is -4.69. The van der Waals surface area contributed by atoms with E-state index in [2.05, 4.69) is 25.6 Å². The highest BCUT2D eigenvalue weighted by Crippen LogP contribution is 2.36. The quantitative estimate of drug-likeness (QED) is 0.147. The van der Waals surface area contributed by atoms with Crippen molar-refractivity contribution in [1.82, 2.24) is 20.3 Å². The molecule has 45 heavy (non-hydrogen) atoms. The van der Waals surface area contributed by atoms with Gasteiger partial charge in [0.25, 0.3) is 0 Å². The fraction of sp³-hybridized carbons (Fsp3) is 0.214. The lowest BCUT2D eigenvalue weighted by Gasteiger charge is -2.26. The number of pyridine rings is 1. The van der Waals surface area contributed by atoms with E-state index in [0.717, 1.165) is 12.1 Å². The second kappa shape index (κ2) is 13.0. The van der Waals surface area contributed by atoms with E-state index < -0.39 is 68.1 Å². The van der Waals surface area contributed by atoms with Gasteiger partial charge in [0.1, 0.15) is 17.7 Å². The molecule has 1 aliphatic rings. The van der Waals surface area contributed by atoms with Crippen molar-refractivity contribution < 1.29 is 39.9 Å². The molecule has 1 unspecified atom stereocenters. The molecular formula is C28H24F5N7O4S. The van der Waals surface area contributed by atoms with Gasteiger partial charge in [-0.15, -0.1) is 0 Å². The minimum absolute atomic E-state index is 0.159. The van der Waals surface area contributed by atoms with E-state index in [1.165, 1.54) is 30.6 Å². The Morgan fingerprint density at radius 3 is 2.56 bits per heavy atom. The number of nitrogens with two attached hydrogens (primary N) is 1. The van der Waals surface area contributed by atoms with Crippen LogP contribution in [0, 0.1) is 23.3 Å². The van der Waals surface area contributed by atoms with Gasteiger partial charge < -0.3 is 21.1 Å². The predicted molar refractivity (Wildman–Crippen MR) is 153 cm³/mol. The summed E-state index contributed by atoms with van der Waals surface area (Å²) in [6.07, 6.45) is 1.88. The van der Waals surface area contributed by atoms with E-state index >= 15 is 8.78 Å². The number of rotatable bonds is 10. The van der Waals surface area contributed by atoms with Crippen LogP contribution >= 0.6 is 0 Å². The molecule has 11 nitrogen and oxygen atoms in total. The van der Waals surface area contributed by atoms with Crippen LogP contribution in [0.15, 0.2) is 54.9 Å². The topological polar surface area (TPSA) is 161 Å². The SMILES string of the molecule is NC(=O)c1ccc(CS(=O)(=O)Nc2c(F)cc(Oc3ncccc3-c3ccnc(NC4CNC[C@@H](F)C4)n3)c(F)c2F)c(F)c1. The predicted octanol–water partition coefficient (Wildman–Crippen LogP) is 4.04. The third kappa shape index (κ3) is 7.43. The van der Waals surface area contributed by atoms with Crippen LogP contribution < -0.4 is 25.8 Å². The number of primary amides is 1. The van der Waals surface area contributed by atoms with Gasteiger partial charge in [-0.3, -0.25) is 9.52 Å². The van der Waals surface area contributed by atoms with Crippen molar-refractivity contribution >= 4 is 27.6 Å². The van der Waals surface area contributed by atoms with Crippen LogP contribution in [-0.2, 0) is 15.8 Å². The third-order valence-electron chi connectivity index (χ3n) is 6.61. The monoisotopic (exact) mass is 649 g/mol. The molecule has 4 aromatic rings. The normalized spacial score (nSPS) is 16.6.